The molecule has 6 heteroatoms. The predicted molar refractivity (Wildman–Crippen MR) is 109 cm³/mol. The number of ether oxygens (including phenoxy) is 4. The van der Waals surface area contributed by atoms with E-state index in [0.717, 1.165) is 5.56 Å². The summed E-state index contributed by atoms with van der Waals surface area (Å²) >= 11 is 3.36. The van der Waals surface area contributed by atoms with Crippen molar-refractivity contribution in [3.05, 3.63) is 82.3 Å². The zero-order chi connectivity index (χ0) is 19.9. The van der Waals surface area contributed by atoms with Gasteiger partial charge in [-0.25, -0.2) is 4.79 Å². The maximum Gasteiger partial charge on any atom is 0.343 e. The van der Waals surface area contributed by atoms with E-state index in [4.69, 9.17) is 18.9 Å². The third kappa shape index (κ3) is 4.64. The van der Waals surface area contributed by atoms with Crippen molar-refractivity contribution >= 4 is 21.9 Å². The molecule has 0 aliphatic carbocycles. The molecule has 0 fully saturated rings. The summed E-state index contributed by atoms with van der Waals surface area (Å²) in [5.74, 6) is 1.09. The van der Waals surface area contributed by atoms with E-state index in [9.17, 15) is 4.79 Å². The molecule has 0 aliphatic rings. The van der Waals surface area contributed by atoms with Crippen molar-refractivity contribution in [3.63, 3.8) is 0 Å². The first-order valence-corrected chi connectivity index (χ1v) is 9.31. The van der Waals surface area contributed by atoms with Crippen LogP contribution in [0.1, 0.15) is 15.9 Å². The summed E-state index contributed by atoms with van der Waals surface area (Å²) in [4.78, 5) is 12.6. The Balaban J connectivity index is 1.85. The van der Waals surface area contributed by atoms with Gasteiger partial charge in [0.25, 0.3) is 0 Å². The third-order valence-corrected chi connectivity index (χ3v) is 4.62. The number of carbonyl (C=O) groups is 1. The SMILES string of the molecule is COc1cc(C(=O)Oc2ccccc2Br)cc(OC)c1OCc1ccccc1. The Kier molecular flexibility index (Phi) is 6.55. The zero-order valence-corrected chi connectivity index (χ0v) is 17.1. The molecule has 0 N–H and O–H groups in total. The van der Waals surface area contributed by atoms with E-state index in [1.54, 1.807) is 30.3 Å². The van der Waals surface area contributed by atoms with E-state index in [1.165, 1.54) is 14.2 Å². The summed E-state index contributed by atoms with van der Waals surface area (Å²) < 4.78 is 22.9. The molecular weight excluding hydrogens is 424 g/mol. The summed E-state index contributed by atoms with van der Waals surface area (Å²) in [5, 5.41) is 0. The molecule has 0 aromatic heterocycles. The van der Waals surface area contributed by atoms with Gasteiger partial charge in [-0.3, -0.25) is 0 Å². The second-order valence-corrected chi connectivity index (χ2v) is 6.66. The van der Waals surface area contributed by atoms with Crippen LogP contribution in [0.4, 0.5) is 0 Å². The lowest BCUT2D eigenvalue weighted by Gasteiger charge is -2.16. The molecule has 0 spiro atoms. The minimum atomic E-state index is -0.530. The standard InChI is InChI=1S/C22H19BrO5/c1-25-19-12-16(22(24)28-18-11-7-6-10-17(18)23)13-20(26-2)21(19)27-14-15-8-4-3-5-9-15/h3-13H,14H2,1-2H3. The Morgan fingerprint density at radius 1 is 0.857 bits per heavy atom. The van der Waals surface area contributed by atoms with E-state index < -0.39 is 5.97 Å². The Labute approximate surface area is 171 Å². The highest BCUT2D eigenvalue weighted by molar-refractivity contribution is 9.10. The molecule has 0 amide bonds. The molecule has 3 aromatic rings. The highest BCUT2D eigenvalue weighted by Crippen LogP contribution is 2.39. The number of benzene rings is 3. The van der Waals surface area contributed by atoms with Gasteiger partial charge in [-0.15, -0.1) is 0 Å². The predicted octanol–water partition coefficient (Wildman–Crippen LogP) is 5.26. The van der Waals surface area contributed by atoms with Crippen LogP contribution < -0.4 is 18.9 Å². The van der Waals surface area contributed by atoms with Gasteiger partial charge in [0.05, 0.1) is 24.3 Å². The first kappa shape index (κ1) is 19.8. The number of hydrogen-bond donors (Lipinski definition) is 0. The summed E-state index contributed by atoms with van der Waals surface area (Å²) in [7, 11) is 3.01. The van der Waals surface area contributed by atoms with E-state index in [2.05, 4.69) is 15.9 Å². The highest BCUT2D eigenvalue weighted by Gasteiger charge is 2.19. The number of hydrogen-bond acceptors (Lipinski definition) is 5. The molecule has 0 unspecified atom stereocenters. The van der Waals surface area contributed by atoms with Gasteiger partial charge < -0.3 is 18.9 Å². The molecule has 0 aliphatic heterocycles. The third-order valence-electron chi connectivity index (χ3n) is 3.96. The van der Waals surface area contributed by atoms with Crippen molar-refractivity contribution in [2.75, 3.05) is 14.2 Å². The van der Waals surface area contributed by atoms with Crippen molar-refractivity contribution < 1.29 is 23.7 Å². The van der Waals surface area contributed by atoms with Crippen LogP contribution in [0.25, 0.3) is 0 Å². The van der Waals surface area contributed by atoms with Crippen LogP contribution in [-0.2, 0) is 6.61 Å². The van der Waals surface area contributed by atoms with Crippen LogP contribution in [0.5, 0.6) is 23.0 Å². The lowest BCUT2D eigenvalue weighted by atomic mass is 10.1. The van der Waals surface area contributed by atoms with Crippen LogP contribution >= 0.6 is 15.9 Å². The molecule has 28 heavy (non-hydrogen) atoms. The van der Waals surface area contributed by atoms with E-state index in [1.807, 2.05) is 36.4 Å². The quantitative estimate of drug-likeness (QED) is 0.368. The highest BCUT2D eigenvalue weighted by atomic mass is 79.9. The van der Waals surface area contributed by atoms with E-state index in [0.29, 0.717) is 34.1 Å². The molecule has 0 saturated carbocycles. The van der Waals surface area contributed by atoms with E-state index >= 15 is 0 Å². The average Bonchev–Trinajstić information content (AvgIpc) is 2.73. The van der Waals surface area contributed by atoms with Gasteiger partial charge in [0.2, 0.25) is 5.75 Å². The fourth-order valence-corrected chi connectivity index (χ4v) is 2.92. The van der Waals surface area contributed by atoms with Gasteiger partial charge in [0.15, 0.2) is 11.5 Å². The van der Waals surface area contributed by atoms with Gasteiger partial charge in [0.1, 0.15) is 12.4 Å². The van der Waals surface area contributed by atoms with Crippen LogP contribution in [0.15, 0.2) is 71.2 Å². The Morgan fingerprint density at radius 2 is 1.46 bits per heavy atom. The number of para-hydroxylation sites is 1. The Hall–Kier alpha value is -2.99. The molecule has 0 radical (unpaired) electrons. The van der Waals surface area contributed by atoms with Gasteiger partial charge in [0, 0.05) is 0 Å². The fraction of sp³-hybridized carbons (Fsp3) is 0.136. The summed E-state index contributed by atoms with van der Waals surface area (Å²) in [6.45, 7) is 0.342. The Morgan fingerprint density at radius 3 is 2.07 bits per heavy atom. The lowest BCUT2D eigenvalue weighted by molar-refractivity contribution is 0.0732. The van der Waals surface area contributed by atoms with Crippen LogP contribution in [0.3, 0.4) is 0 Å². The molecular formula is C22H19BrO5. The zero-order valence-electron chi connectivity index (χ0n) is 15.5. The smallest absolute Gasteiger partial charge is 0.343 e. The van der Waals surface area contributed by atoms with Crippen molar-refractivity contribution in [2.45, 2.75) is 6.61 Å². The lowest BCUT2D eigenvalue weighted by Crippen LogP contribution is -2.10. The van der Waals surface area contributed by atoms with Crippen LogP contribution in [0, 0.1) is 0 Å². The molecule has 0 heterocycles. The maximum absolute atomic E-state index is 12.6. The van der Waals surface area contributed by atoms with Crippen molar-refractivity contribution in [1.29, 1.82) is 0 Å². The molecule has 0 bridgehead atoms. The molecule has 144 valence electrons. The van der Waals surface area contributed by atoms with Crippen LogP contribution in [-0.4, -0.2) is 20.2 Å². The number of esters is 1. The summed E-state index contributed by atoms with van der Waals surface area (Å²) in [6.07, 6.45) is 0. The van der Waals surface area contributed by atoms with Gasteiger partial charge in [-0.1, -0.05) is 42.5 Å². The summed E-state index contributed by atoms with van der Waals surface area (Å²) in [5.41, 5.74) is 1.29. The fourth-order valence-electron chi connectivity index (χ4n) is 2.56. The molecule has 3 aromatic carbocycles. The van der Waals surface area contributed by atoms with Gasteiger partial charge in [-0.05, 0) is 45.8 Å². The Bertz CT molecular complexity index is 931. The maximum atomic E-state index is 12.6. The molecule has 0 saturated heterocycles. The number of methoxy groups -OCH3 is 2. The summed E-state index contributed by atoms with van der Waals surface area (Å²) in [6, 6.07) is 20.0. The first-order chi connectivity index (χ1) is 13.6. The number of rotatable bonds is 7. The molecule has 3 rings (SSSR count). The molecule has 5 nitrogen and oxygen atoms in total. The largest absolute Gasteiger partial charge is 0.493 e. The molecule has 0 atom stereocenters. The minimum absolute atomic E-state index is 0.288. The van der Waals surface area contributed by atoms with Gasteiger partial charge >= 0.3 is 5.97 Å². The minimum Gasteiger partial charge on any atom is -0.493 e. The van der Waals surface area contributed by atoms with Crippen molar-refractivity contribution in [1.82, 2.24) is 0 Å². The van der Waals surface area contributed by atoms with Crippen LogP contribution in [0.2, 0.25) is 0 Å². The second kappa shape index (κ2) is 9.28. The first-order valence-electron chi connectivity index (χ1n) is 8.52. The van der Waals surface area contributed by atoms with Crippen molar-refractivity contribution in [2.24, 2.45) is 0 Å². The monoisotopic (exact) mass is 442 g/mol. The topological polar surface area (TPSA) is 54.0 Å². The number of halogens is 1. The second-order valence-electron chi connectivity index (χ2n) is 5.80. The normalized spacial score (nSPS) is 10.2. The van der Waals surface area contributed by atoms with Gasteiger partial charge in [-0.2, -0.15) is 0 Å². The number of carbonyl (C=O) groups excluding carboxylic acids is 1. The van der Waals surface area contributed by atoms with E-state index in [-0.39, 0.29) is 5.56 Å². The average molecular weight is 443 g/mol. The van der Waals surface area contributed by atoms with Crippen molar-refractivity contribution in [3.8, 4) is 23.0 Å².